The Bertz CT molecular complexity index is 230. The predicted octanol–water partition coefficient (Wildman–Crippen LogP) is 1.80. The van der Waals surface area contributed by atoms with Crippen LogP contribution in [0.3, 0.4) is 0 Å². The van der Waals surface area contributed by atoms with Crippen LogP contribution < -0.4 is 0 Å². The molecule has 0 aromatic heterocycles. The fourth-order valence-electron chi connectivity index (χ4n) is 2.51. The van der Waals surface area contributed by atoms with Gasteiger partial charge in [-0.2, -0.15) is 0 Å². The van der Waals surface area contributed by atoms with Crippen LogP contribution >= 0.6 is 0 Å². The van der Waals surface area contributed by atoms with Gasteiger partial charge < -0.3 is 0 Å². The van der Waals surface area contributed by atoms with Crippen molar-refractivity contribution in [3.63, 3.8) is 0 Å². The molecule has 0 aromatic rings. The third kappa shape index (κ3) is 1.17. The summed E-state index contributed by atoms with van der Waals surface area (Å²) in [6.45, 7) is 0. The summed E-state index contributed by atoms with van der Waals surface area (Å²) in [5.41, 5.74) is 1.49. The second-order valence-electron chi connectivity index (χ2n) is 3.93. The summed E-state index contributed by atoms with van der Waals surface area (Å²) in [5, 5.41) is 0. The van der Waals surface area contributed by atoms with Crippen molar-refractivity contribution in [2.75, 3.05) is 7.05 Å². The maximum Gasteiger partial charge on any atom is 0.0133 e. The molecule has 0 aromatic carbocycles. The Morgan fingerprint density at radius 3 is 2.50 bits per heavy atom. The standard InChI is InChI=1S/C11H15N/c1-3-4-9-7-10-5-6-11(8-9)12(10)2/h1,4,10-11H,5-8H2,2H3. The van der Waals surface area contributed by atoms with Gasteiger partial charge in [-0.1, -0.05) is 11.5 Å². The van der Waals surface area contributed by atoms with Crippen LogP contribution in [0.25, 0.3) is 0 Å². The van der Waals surface area contributed by atoms with E-state index in [1.807, 2.05) is 6.08 Å². The lowest BCUT2D eigenvalue weighted by molar-refractivity contribution is 0.209. The molecule has 0 amide bonds. The summed E-state index contributed by atoms with van der Waals surface area (Å²) in [6, 6.07) is 1.56. The van der Waals surface area contributed by atoms with E-state index in [0.29, 0.717) is 0 Å². The van der Waals surface area contributed by atoms with Gasteiger partial charge in [0, 0.05) is 12.1 Å². The maximum absolute atomic E-state index is 5.27. The van der Waals surface area contributed by atoms with E-state index >= 15 is 0 Å². The van der Waals surface area contributed by atoms with Gasteiger partial charge in [0.15, 0.2) is 0 Å². The Kier molecular flexibility index (Phi) is 1.94. The second-order valence-corrected chi connectivity index (χ2v) is 3.93. The monoisotopic (exact) mass is 161 g/mol. The van der Waals surface area contributed by atoms with Gasteiger partial charge in [0.05, 0.1) is 0 Å². The molecule has 12 heavy (non-hydrogen) atoms. The van der Waals surface area contributed by atoms with Gasteiger partial charge in [-0.3, -0.25) is 4.90 Å². The second kappa shape index (κ2) is 2.95. The molecular formula is C11H15N. The number of rotatable bonds is 0. The predicted molar refractivity (Wildman–Crippen MR) is 50.7 cm³/mol. The fourth-order valence-corrected chi connectivity index (χ4v) is 2.51. The molecule has 0 aliphatic carbocycles. The van der Waals surface area contributed by atoms with Crippen molar-refractivity contribution >= 4 is 0 Å². The van der Waals surface area contributed by atoms with Crippen molar-refractivity contribution in [1.29, 1.82) is 0 Å². The lowest BCUT2D eigenvalue weighted by Gasteiger charge is -2.32. The van der Waals surface area contributed by atoms with Crippen LogP contribution in [0.1, 0.15) is 25.7 Å². The summed E-state index contributed by atoms with van der Waals surface area (Å²) >= 11 is 0. The van der Waals surface area contributed by atoms with Gasteiger partial charge >= 0.3 is 0 Å². The van der Waals surface area contributed by atoms with Crippen molar-refractivity contribution in [3.8, 4) is 12.3 Å². The van der Waals surface area contributed by atoms with Crippen LogP contribution in [0.15, 0.2) is 11.6 Å². The lowest BCUT2D eigenvalue weighted by atomic mass is 9.97. The van der Waals surface area contributed by atoms with Gasteiger partial charge in [0.2, 0.25) is 0 Å². The van der Waals surface area contributed by atoms with E-state index in [-0.39, 0.29) is 0 Å². The zero-order valence-corrected chi connectivity index (χ0v) is 7.59. The Hall–Kier alpha value is -0.740. The highest BCUT2D eigenvalue weighted by atomic mass is 15.2. The van der Waals surface area contributed by atoms with Gasteiger partial charge in [-0.15, -0.1) is 6.42 Å². The Morgan fingerprint density at radius 2 is 2.00 bits per heavy atom. The van der Waals surface area contributed by atoms with Crippen molar-refractivity contribution in [3.05, 3.63) is 11.6 Å². The van der Waals surface area contributed by atoms with E-state index in [2.05, 4.69) is 17.9 Å². The molecule has 64 valence electrons. The van der Waals surface area contributed by atoms with E-state index in [0.717, 1.165) is 12.1 Å². The number of hydrogen-bond acceptors (Lipinski definition) is 1. The highest BCUT2D eigenvalue weighted by Crippen LogP contribution is 2.36. The minimum atomic E-state index is 0.781. The topological polar surface area (TPSA) is 3.24 Å². The quantitative estimate of drug-likeness (QED) is 0.490. The molecule has 1 nitrogen and oxygen atoms in total. The minimum absolute atomic E-state index is 0.781. The van der Waals surface area contributed by atoms with Gasteiger partial charge in [-0.25, -0.2) is 0 Å². The van der Waals surface area contributed by atoms with Gasteiger partial charge in [-0.05, 0) is 38.8 Å². The largest absolute Gasteiger partial charge is 0.300 e. The van der Waals surface area contributed by atoms with Crippen molar-refractivity contribution in [2.45, 2.75) is 37.8 Å². The number of nitrogens with zero attached hydrogens (tertiary/aromatic N) is 1. The van der Waals surface area contributed by atoms with E-state index in [9.17, 15) is 0 Å². The van der Waals surface area contributed by atoms with E-state index in [4.69, 9.17) is 6.42 Å². The summed E-state index contributed by atoms with van der Waals surface area (Å²) < 4.78 is 0. The van der Waals surface area contributed by atoms with Gasteiger partial charge in [0.25, 0.3) is 0 Å². The summed E-state index contributed by atoms with van der Waals surface area (Å²) in [6.07, 6.45) is 12.4. The summed E-state index contributed by atoms with van der Waals surface area (Å²) in [7, 11) is 2.25. The number of terminal acetylenes is 1. The first-order valence-corrected chi connectivity index (χ1v) is 4.67. The Morgan fingerprint density at radius 1 is 1.42 bits per heavy atom. The molecule has 2 aliphatic heterocycles. The maximum atomic E-state index is 5.27. The van der Waals surface area contributed by atoms with Crippen LogP contribution in [-0.2, 0) is 0 Å². The molecule has 2 bridgehead atoms. The normalized spacial score (nSPS) is 34.8. The molecule has 2 aliphatic rings. The van der Waals surface area contributed by atoms with E-state index in [1.54, 1.807) is 0 Å². The number of allylic oxidation sites excluding steroid dienone is 1. The number of hydrogen-bond donors (Lipinski definition) is 0. The van der Waals surface area contributed by atoms with E-state index < -0.39 is 0 Å². The third-order valence-corrected chi connectivity index (χ3v) is 3.27. The van der Waals surface area contributed by atoms with Crippen LogP contribution in [0.4, 0.5) is 0 Å². The zero-order chi connectivity index (χ0) is 8.55. The molecule has 0 N–H and O–H groups in total. The average molecular weight is 161 g/mol. The average Bonchev–Trinajstić information content (AvgIpc) is 2.33. The molecule has 2 heterocycles. The molecule has 1 heteroatoms. The number of fused-ring (bicyclic) bond motifs is 2. The van der Waals surface area contributed by atoms with Gasteiger partial charge in [0.1, 0.15) is 0 Å². The highest BCUT2D eigenvalue weighted by molar-refractivity contribution is 5.22. The third-order valence-electron chi connectivity index (χ3n) is 3.27. The molecule has 2 saturated heterocycles. The highest BCUT2D eigenvalue weighted by Gasteiger charge is 2.35. The lowest BCUT2D eigenvalue weighted by Crippen LogP contribution is -2.36. The molecule has 2 rings (SSSR count). The molecule has 0 radical (unpaired) electrons. The van der Waals surface area contributed by atoms with Crippen LogP contribution in [0.5, 0.6) is 0 Å². The smallest absolute Gasteiger partial charge is 0.0133 e. The molecule has 0 spiro atoms. The SMILES string of the molecule is C#CC=C1CC2CCC(C1)N2C. The van der Waals surface area contributed by atoms with E-state index in [1.165, 1.54) is 31.3 Å². The number of piperidine rings is 1. The Balaban J connectivity index is 2.13. The molecule has 2 unspecified atom stereocenters. The van der Waals surface area contributed by atoms with Crippen molar-refractivity contribution < 1.29 is 0 Å². The minimum Gasteiger partial charge on any atom is -0.300 e. The molecule has 0 saturated carbocycles. The first kappa shape index (κ1) is 7.89. The molecular weight excluding hydrogens is 146 g/mol. The zero-order valence-electron chi connectivity index (χ0n) is 7.59. The van der Waals surface area contributed by atoms with Crippen molar-refractivity contribution in [1.82, 2.24) is 4.90 Å². The van der Waals surface area contributed by atoms with Crippen LogP contribution in [0.2, 0.25) is 0 Å². The van der Waals surface area contributed by atoms with Crippen LogP contribution in [0, 0.1) is 12.3 Å². The molecule has 2 atom stereocenters. The fraction of sp³-hybridized carbons (Fsp3) is 0.636. The molecule has 2 fully saturated rings. The summed E-state index contributed by atoms with van der Waals surface area (Å²) in [5.74, 6) is 2.64. The first-order valence-electron chi connectivity index (χ1n) is 4.67. The van der Waals surface area contributed by atoms with Crippen molar-refractivity contribution in [2.24, 2.45) is 0 Å². The van der Waals surface area contributed by atoms with Crippen LogP contribution in [-0.4, -0.2) is 24.0 Å². The first-order chi connectivity index (χ1) is 5.81. The Labute approximate surface area is 74.4 Å². The summed E-state index contributed by atoms with van der Waals surface area (Å²) in [4.78, 5) is 2.52.